The summed E-state index contributed by atoms with van der Waals surface area (Å²) in [6.07, 6.45) is 2.36. The number of rotatable bonds is 4. The molecule has 1 aromatic heterocycles. The molecule has 7 heteroatoms. The Morgan fingerprint density at radius 1 is 1.25 bits per heavy atom. The van der Waals surface area contributed by atoms with Crippen LogP contribution in [0.5, 0.6) is 0 Å². The Morgan fingerprint density at radius 3 is 2.71 bits per heavy atom. The maximum absolute atomic E-state index is 12.5. The van der Waals surface area contributed by atoms with Gasteiger partial charge >= 0.3 is 0 Å². The van der Waals surface area contributed by atoms with E-state index in [1.165, 1.54) is 11.2 Å². The first-order valence-corrected chi connectivity index (χ1v) is 7.59. The Kier molecular flexibility index (Phi) is 6.00. The van der Waals surface area contributed by atoms with Crippen LogP contribution in [-0.2, 0) is 0 Å². The van der Waals surface area contributed by atoms with Gasteiger partial charge in [0.05, 0.1) is 17.5 Å². The van der Waals surface area contributed by atoms with E-state index < -0.39 is 0 Å². The van der Waals surface area contributed by atoms with Gasteiger partial charge < -0.3 is 20.0 Å². The number of benzene rings is 1. The maximum Gasteiger partial charge on any atom is 0.293 e. The highest BCUT2D eigenvalue weighted by Gasteiger charge is 2.23. The van der Waals surface area contributed by atoms with E-state index in [4.69, 9.17) is 4.42 Å². The van der Waals surface area contributed by atoms with Crippen molar-refractivity contribution in [2.75, 3.05) is 25.0 Å². The molecule has 0 radical (unpaired) electrons. The van der Waals surface area contributed by atoms with Crippen molar-refractivity contribution in [3.63, 3.8) is 0 Å². The summed E-state index contributed by atoms with van der Waals surface area (Å²) >= 11 is 0. The van der Waals surface area contributed by atoms with Gasteiger partial charge in [-0.05, 0) is 37.2 Å². The second-order valence-electron chi connectivity index (χ2n) is 5.52. The van der Waals surface area contributed by atoms with Crippen LogP contribution in [0.2, 0.25) is 0 Å². The Bertz CT molecular complexity index is 697. The number of nitrogens with zero attached hydrogens (tertiary/aromatic N) is 1. The molecule has 3 rings (SSSR count). The van der Waals surface area contributed by atoms with Gasteiger partial charge in [-0.2, -0.15) is 0 Å². The zero-order chi connectivity index (χ0) is 16.2. The molecule has 1 aromatic carbocycles. The molecule has 0 saturated carbocycles. The van der Waals surface area contributed by atoms with E-state index in [1.807, 2.05) is 0 Å². The van der Waals surface area contributed by atoms with E-state index in [0.29, 0.717) is 11.3 Å². The number of hydrogen-bond donors (Lipinski definition) is 2. The minimum absolute atomic E-state index is 0. The summed E-state index contributed by atoms with van der Waals surface area (Å²) in [7, 11) is 1.63. The van der Waals surface area contributed by atoms with Crippen LogP contribution in [0, 0.1) is 0 Å². The van der Waals surface area contributed by atoms with Crippen molar-refractivity contribution in [1.82, 2.24) is 10.6 Å². The third-order valence-corrected chi connectivity index (χ3v) is 3.94. The average molecular weight is 350 g/mol. The van der Waals surface area contributed by atoms with Gasteiger partial charge in [-0.15, -0.1) is 12.4 Å². The summed E-state index contributed by atoms with van der Waals surface area (Å²) in [5.74, 6) is -0.228. The molecule has 128 valence electrons. The topological polar surface area (TPSA) is 74.6 Å². The van der Waals surface area contributed by atoms with Gasteiger partial charge in [-0.25, -0.2) is 0 Å². The molecule has 1 aliphatic rings. The fourth-order valence-electron chi connectivity index (χ4n) is 2.67. The number of nitrogens with one attached hydrogen (secondary N) is 2. The predicted octanol–water partition coefficient (Wildman–Crippen LogP) is 2.07. The number of furan rings is 1. The molecule has 24 heavy (non-hydrogen) atoms. The molecule has 2 N–H and O–H groups in total. The zero-order valence-corrected chi connectivity index (χ0v) is 14.1. The molecule has 0 bridgehead atoms. The van der Waals surface area contributed by atoms with Crippen LogP contribution in [0.1, 0.15) is 27.3 Å². The fourth-order valence-corrected chi connectivity index (χ4v) is 2.67. The van der Waals surface area contributed by atoms with Crippen molar-refractivity contribution in [3.8, 4) is 0 Å². The number of anilines is 1. The van der Waals surface area contributed by atoms with Crippen LogP contribution in [0.25, 0.3) is 0 Å². The van der Waals surface area contributed by atoms with Crippen LogP contribution in [0.15, 0.2) is 47.1 Å². The van der Waals surface area contributed by atoms with Crippen molar-refractivity contribution in [2.45, 2.75) is 12.5 Å². The fraction of sp³-hybridized carbons (Fsp3) is 0.294. The highest BCUT2D eigenvalue weighted by molar-refractivity contribution is 6.09. The molecule has 1 atom stereocenters. The molecule has 1 saturated heterocycles. The highest BCUT2D eigenvalue weighted by atomic mass is 35.5. The number of carbonyl (C=O) groups excluding carboxylic acids is 2. The van der Waals surface area contributed by atoms with E-state index in [1.54, 1.807) is 43.4 Å². The Balaban J connectivity index is 0.00000208. The lowest BCUT2D eigenvalue weighted by molar-refractivity contribution is 0.0940. The van der Waals surface area contributed by atoms with Crippen LogP contribution < -0.4 is 15.5 Å². The van der Waals surface area contributed by atoms with Gasteiger partial charge in [0.25, 0.3) is 11.8 Å². The smallest absolute Gasteiger partial charge is 0.293 e. The van der Waals surface area contributed by atoms with Crippen molar-refractivity contribution in [2.24, 2.45) is 0 Å². The molecule has 2 amide bonds. The van der Waals surface area contributed by atoms with Gasteiger partial charge in [0.1, 0.15) is 0 Å². The van der Waals surface area contributed by atoms with Crippen LogP contribution >= 0.6 is 12.4 Å². The molecule has 2 aromatic rings. The Morgan fingerprint density at radius 2 is 2.04 bits per heavy atom. The maximum atomic E-state index is 12.5. The van der Waals surface area contributed by atoms with Crippen molar-refractivity contribution in [3.05, 3.63) is 54.0 Å². The normalized spacial score (nSPS) is 16.3. The molecular formula is C17H20ClN3O3. The quantitative estimate of drug-likeness (QED) is 0.886. The molecule has 0 aliphatic carbocycles. The zero-order valence-electron chi connectivity index (χ0n) is 13.3. The van der Waals surface area contributed by atoms with Gasteiger partial charge in [-0.1, -0.05) is 12.1 Å². The average Bonchev–Trinajstić information content (AvgIpc) is 3.27. The first-order valence-electron chi connectivity index (χ1n) is 7.59. The molecule has 1 unspecified atom stereocenters. The third kappa shape index (κ3) is 3.77. The number of halogens is 1. The van der Waals surface area contributed by atoms with Gasteiger partial charge in [-0.3, -0.25) is 9.59 Å². The molecular weight excluding hydrogens is 330 g/mol. The molecule has 6 nitrogen and oxygen atoms in total. The number of amides is 2. The van der Waals surface area contributed by atoms with Crippen LogP contribution in [0.3, 0.4) is 0 Å². The Hall–Kier alpha value is -2.31. The SMILES string of the molecule is CN(C(=O)c1ccco1)c1ccccc1C(=O)NC1CCNC1.Cl. The monoisotopic (exact) mass is 349 g/mol. The van der Waals surface area contributed by atoms with Crippen LogP contribution in [0.4, 0.5) is 5.69 Å². The highest BCUT2D eigenvalue weighted by Crippen LogP contribution is 2.21. The molecule has 2 heterocycles. The molecule has 0 spiro atoms. The minimum atomic E-state index is -0.294. The molecule has 1 aliphatic heterocycles. The van der Waals surface area contributed by atoms with E-state index in [-0.39, 0.29) is 36.0 Å². The summed E-state index contributed by atoms with van der Waals surface area (Å²) in [6, 6.07) is 10.5. The predicted molar refractivity (Wildman–Crippen MR) is 93.9 cm³/mol. The number of carbonyl (C=O) groups is 2. The lowest BCUT2D eigenvalue weighted by atomic mass is 10.1. The van der Waals surface area contributed by atoms with E-state index in [0.717, 1.165) is 19.5 Å². The van der Waals surface area contributed by atoms with E-state index in [2.05, 4.69) is 10.6 Å². The summed E-state index contributed by atoms with van der Waals surface area (Å²) < 4.78 is 5.15. The van der Waals surface area contributed by atoms with E-state index >= 15 is 0 Å². The second-order valence-corrected chi connectivity index (χ2v) is 5.52. The van der Waals surface area contributed by atoms with Gasteiger partial charge in [0.2, 0.25) is 0 Å². The second kappa shape index (κ2) is 7.99. The number of para-hydroxylation sites is 1. The largest absolute Gasteiger partial charge is 0.459 e. The Labute approximate surface area is 146 Å². The van der Waals surface area contributed by atoms with Gasteiger partial charge in [0, 0.05) is 19.6 Å². The third-order valence-electron chi connectivity index (χ3n) is 3.94. The van der Waals surface area contributed by atoms with Crippen LogP contribution in [-0.4, -0.2) is 38.0 Å². The number of hydrogen-bond acceptors (Lipinski definition) is 4. The lowest BCUT2D eigenvalue weighted by Gasteiger charge is -2.20. The summed E-state index contributed by atoms with van der Waals surface area (Å²) in [5, 5.41) is 6.21. The van der Waals surface area contributed by atoms with Crippen molar-refractivity contribution >= 4 is 29.9 Å². The standard InChI is InChI=1S/C17H19N3O3.ClH/c1-20(17(22)15-7-4-10-23-15)14-6-3-2-5-13(14)16(21)19-12-8-9-18-11-12;/h2-7,10,12,18H,8-9,11H2,1H3,(H,19,21);1H. The summed E-state index contributed by atoms with van der Waals surface area (Å²) in [5.41, 5.74) is 1.03. The van der Waals surface area contributed by atoms with Crippen molar-refractivity contribution < 1.29 is 14.0 Å². The lowest BCUT2D eigenvalue weighted by Crippen LogP contribution is -2.37. The molecule has 1 fully saturated rings. The van der Waals surface area contributed by atoms with E-state index in [9.17, 15) is 9.59 Å². The van der Waals surface area contributed by atoms with Gasteiger partial charge in [0.15, 0.2) is 5.76 Å². The summed E-state index contributed by atoms with van der Waals surface area (Å²) in [6.45, 7) is 1.68. The first-order chi connectivity index (χ1) is 11.2. The van der Waals surface area contributed by atoms with Crippen molar-refractivity contribution in [1.29, 1.82) is 0 Å². The summed E-state index contributed by atoms with van der Waals surface area (Å²) in [4.78, 5) is 26.4. The minimum Gasteiger partial charge on any atom is -0.459 e. The first kappa shape index (κ1) is 18.0.